The first-order chi connectivity index (χ1) is 14.8. The highest BCUT2D eigenvalue weighted by molar-refractivity contribution is 5.95. The molecule has 2 aromatic carbocycles. The van der Waals surface area contributed by atoms with Gasteiger partial charge in [-0.25, -0.2) is 0 Å². The Balaban J connectivity index is 1.34. The monoisotopic (exact) mass is 430 g/mol. The summed E-state index contributed by atoms with van der Waals surface area (Å²) in [6.07, 6.45) is 0.973. The third-order valence-corrected chi connectivity index (χ3v) is 6.27. The maximum Gasteiger partial charge on any atom is 0.416 e. The highest BCUT2D eigenvalue weighted by Crippen LogP contribution is 2.31. The molecule has 31 heavy (non-hydrogen) atoms. The minimum absolute atomic E-state index is 0.0272. The van der Waals surface area contributed by atoms with E-state index in [4.69, 9.17) is 0 Å². The molecule has 1 fully saturated rings. The van der Waals surface area contributed by atoms with Gasteiger partial charge in [0.15, 0.2) is 0 Å². The van der Waals surface area contributed by atoms with E-state index in [9.17, 15) is 22.8 Å². The number of nitrogens with zero attached hydrogens (tertiary/aromatic N) is 1. The largest absolute Gasteiger partial charge is 0.416 e. The predicted molar refractivity (Wildman–Crippen MR) is 112 cm³/mol. The van der Waals surface area contributed by atoms with Crippen LogP contribution in [0.15, 0.2) is 42.5 Å². The topological polar surface area (TPSA) is 49.4 Å². The summed E-state index contributed by atoms with van der Waals surface area (Å²) in [7, 11) is 0. The number of piperidine rings is 1. The van der Waals surface area contributed by atoms with E-state index >= 15 is 0 Å². The molecule has 164 valence electrons. The van der Waals surface area contributed by atoms with E-state index in [2.05, 4.69) is 11.4 Å². The molecule has 4 rings (SSSR count). The lowest BCUT2D eigenvalue weighted by Gasteiger charge is -2.31. The quantitative estimate of drug-likeness (QED) is 0.739. The standard InChI is InChI=1S/C24H25F3N2O2/c25-24(26,27)19-10-8-18(9-11-19)23(31)29-14-12-17(13-15-29)22(30)28-21-7-3-5-16-4-1-2-6-20(16)21/h3,5,7-11,17H,1-2,4,6,12-15H2,(H,28,30). The molecule has 2 aromatic rings. The summed E-state index contributed by atoms with van der Waals surface area (Å²) in [5, 5.41) is 3.09. The number of amides is 2. The Kier molecular flexibility index (Phi) is 6.03. The van der Waals surface area contributed by atoms with Crippen LogP contribution < -0.4 is 5.32 Å². The van der Waals surface area contributed by atoms with Crippen LogP contribution in [0.3, 0.4) is 0 Å². The van der Waals surface area contributed by atoms with Crippen molar-refractivity contribution >= 4 is 17.5 Å². The number of hydrogen-bond acceptors (Lipinski definition) is 2. The third-order valence-electron chi connectivity index (χ3n) is 6.27. The lowest BCUT2D eigenvalue weighted by Crippen LogP contribution is -2.41. The Morgan fingerprint density at radius 2 is 1.61 bits per heavy atom. The van der Waals surface area contributed by atoms with Crippen LogP contribution >= 0.6 is 0 Å². The van der Waals surface area contributed by atoms with Crippen molar-refractivity contribution in [2.45, 2.75) is 44.7 Å². The summed E-state index contributed by atoms with van der Waals surface area (Å²) in [6.45, 7) is 0.815. The fourth-order valence-corrected chi connectivity index (χ4v) is 4.46. The fourth-order valence-electron chi connectivity index (χ4n) is 4.46. The van der Waals surface area contributed by atoms with Gasteiger partial charge in [0.05, 0.1) is 5.56 Å². The fraction of sp³-hybridized carbons (Fsp3) is 0.417. The van der Waals surface area contributed by atoms with E-state index in [1.807, 2.05) is 12.1 Å². The first kappa shape index (κ1) is 21.4. The average molecular weight is 430 g/mol. The van der Waals surface area contributed by atoms with Crippen LogP contribution in [0, 0.1) is 5.92 Å². The summed E-state index contributed by atoms with van der Waals surface area (Å²) in [5.41, 5.74) is 2.89. The number of likely N-dealkylation sites (tertiary alicyclic amines) is 1. The van der Waals surface area contributed by atoms with E-state index in [1.54, 1.807) is 4.90 Å². The molecular formula is C24H25F3N2O2. The molecule has 1 aliphatic heterocycles. The van der Waals surface area contributed by atoms with Gasteiger partial charge in [0.2, 0.25) is 5.91 Å². The van der Waals surface area contributed by atoms with Crippen LogP contribution in [0.5, 0.6) is 0 Å². The highest BCUT2D eigenvalue weighted by Gasteiger charge is 2.31. The molecule has 0 atom stereocenters. The van der Waals surface area contributed by atoms with E-state index in [0.717, 1.165) is 37.1 Å². The van der Waals surface area contributed by atoms with E-state index in [-0.39, 0.29) is 23.3 Å². The molecule has 7 heteroatoms. The summed E-state index contributed by atoms with van der Waals surface area (Å²) >= 11 is 0. The van der Waals surface area contributed by atoms with Gasteiger partial charge >= 0.3 is 6.18 Å². The smallest absolute Gasteiger partial charge is 0.339 e. The van der Waals surface area contributed by atoms with Crippen molar-refractivity contribution in [2.75, 3.05) is 18.4 Å². The van der Waals surface area contributed by atoms with E-state index < -0.39 is 11.7 Å². The zero-order chi connectivity index (χ0) is 22.0. The molecule has 0 radical (unpaired) electrons. The molecule has 4 nitrogen and oxygen atoms in total. The second-order valence-electron chi connectivity index (χ2n) is 8.28. The van der Waals surface area contributed by atoms with Gasteiger partial charge in [-0.3, -0.25) is 9.59 Å². The Labute approximate surface area is 179 Å². The summed E-state index contributed by atoms with van der Waals surface area (Å²) in [4.78, 5) is 27.1. The van der Waals surface area contributed by atoms with E-state index in [0.29, 0.717) is 25.9 Å². The van der Waals surface area contributed by atoms with Crippen molar-refractivity contribution < 1.29 is 22.8 Å². The number of hydrogen-bond donors (Lipinski definition) is 1. The zero-order valence-corrected chi connectivity index (χ0v) is 17.2. The van der Waals surface area contributed by atoms with Crippen molar-refractivity contribution in [3.05, 3.63) is 64.7 Å². The Morgan fingerprint density at radius 1 is 0.935 bits per heavy atom. The van der Waals surface area contributed by atoms with Crippen LogP contribution in [0.2, 0.25) is 0 Å². The van der Waals surface area contributed by atoms with Crippen LogP contribution in [-0.4, -0.2) is 29.8 Å². The van der Waals surface area contributed by atoms with Crippen LogP contribution in [0.4, 0.5) is 18.9 Å². The second kappa shape index (κ2) is 8.73. The molecule has 0 aromatic heterocycles. The average Bonchev–Trinajstić information content (AvgIpc) is 2.78. The third kappa shape index (κ3) is 4.75. The normalized spacial score (nSPS) is 17.2. The highest BCUT2D eigenvalue weighted by atomic mass is 19.4. The Hall–Kier alpha value is -2.83. The number of anilines is 1. The van der Waals surface area contributed by atoms with Crippen molar-refractivity contribution in [2.24, 2.45) is 5.92 Å². The predicted octanol–water partition coefficient (Wildman–Crippen LogP) is 5.08. The number of halogens is 3. The Morgan fingerprint density at radius 3 is 2.29 bits per heavy atom. The number of alkyl halides is 3. The number of fused-ring (bicyclic) bond motifs is 1. The second-order valence-corrected chi connectivity index (χ2v) is 8.28. The number of benzene rings is 2. The summed E-state index contributed by atoms with van der Waals surface area (Å²) < 4.78 is 38.1. The SMILES string of the molecule is O=C(Nc1cccc2c1CCCC2)C1CCN(C(=O)c2ccc(C(F)(F)F)cc2)CC1. The lowest BCUT2D eigenvalue weighted by molar-refractivity contribution is -0.137. The lowest BCUT2D eigenvalue weighted by atomic mass is 9.90. The van der Waals surface area contributed by atoms with Gasteiger partial charge in [0, 0.05) is 30.3 Å². The van der Waals surface area contributed by atoms with Gasteiger partial charge in [-0.2, -0.15) is 13.2 Å². The van der Waals surface area contributed by atoms with Crippen molar-refractivity contribution in [3.8, 4) is 0 Å². The first-order valence-corrected chi connectivity index (χ1v) is 10.7. The summed E-state index contributed by atoms with van der Waals surface area (Å²) in [6, 6.07) is 10.3. The number of nitrogens with one attached hydrogen (secondary N) is 1. The Bertz CT molecular complexity index is 962. The van der Waals surface area contributed by atoms with Gasteiger partial charge in [-0.05, 0) is 80.0 Å². The van der Waals surface area contributed by atoms with Crippen LogP contribution in [0.1, 0.15) is 52.7 Å². The van der Waals surface area contributed by atoms with Gasteiger partial charge in [0.1, 0.15) is 0 Å². The maximum atomic E-state index is 12.8. The molecule has 0 spiro atoms. The number of rotatable bonds is 3. The van der Waals surface area contributed by atoms with Gasteiger partial charge in [-0.15, -0.1) is 0 Å². The molecular weight excluding hydrogens is 405 g/mol. The van der Waals surface area contributed by atoms with Gasteiger partial charge < -0.3 is 10.2 Å². The molecule has 1 heterocycles. The number of aryl methyl sites for hydroxylation is 1. The molecule has 2 amide bonds. The first-order valence-electron chi connectivity index (χ1n) is 10.7. The molecule has 1 aliphatic carbocycles. The molecule has 1 saturated heterocycles. The van der Waals surface area contributed by atoms with Gasteiger partial charge in [0.25, 0.3) is 5.91 Å². The molecule has 0 bridgehead atoms. The minimum atomic E-state index is -4.43. The van der Waals surface area contributed by atoms with Gasteiger partial charge in [-0.1, -0.05) is 12.1 Å². The minimum Gasteiger partial charge on any atom is -0.339 e. The van der Waals surface area contributed by atoms with Crippen LogP contribution in [0.25, 0.3) is 0 Å². The van der Waals surface area contributed by atoms with E-state index in [1.165, 1.54) is 29.7 Å². The molecule has 0 saturated carbocycles. The van der Waals surface area contributed by atoms with Crippen molar-refractivity contribution in [1.29, 1.82) is 0 Å². The van der Waals surface area contributed by atoms with Crippen LogP contribution in [-0.2, 0) is 23.8 Å². The maximum absolute atomic E-state index is 12.8. The van der Waals surface area contributed by atoms with Crippen molar-refractivity contribution in [3.63, 3.8) is 0 Å². The molecule has 0 unspecified atom stereocenters. The zero-order valence-electron chi connectivity index (χ0n) is 17.2. The molecule has 2 aliphatic rings. The van der Waals surface area contributed by atoms with Crippen molar-refractivity contribution in [1.82, 2.24) is 4.90 Å². The molecule has 1 N–H and O–H groups in total. The number of carbonyl (C=O) groups is 2. The summed E-state index contributed by atoms with van der Waals surface area (Å²) in [5.74, 6) is -0.513. The number of carbonyl (C=O) groups excluding carboxylic acids is 2.